The topological polar surface area (TPSA) is 111 Å². The minimum atomic E-state index is -1.60. The summed E-state index contributed by atoms with van der Waals surface area (Å²) < 4.78 is 35.0. The van der Waals surface area contributed by atoms with Crippen molar-refractivity contribution >= 4 is 34.7 Å². The molecule has 0 fully saturated rings. The standard InChI is InChI=1S/C24H17F2N3O5S/c1-11-7-8-12(23(33)34-2)9-13(11)18-14-10-15(22(31)32)21(30)29(20(14)28-24(27-18)35-3)19-16(25)5-4-6-17(19)26/h4-10H,1-3H3,(H,31,32). The first-order valence-electron chi connectivity index (χ1n) is 10.1. The highest BCUT2D eigenvalue weighted by Gasteiger charge is 2.25. The summed E-state index contributed by atoms with van der Waals surface area (Å²) in [5.41, 5.74) is -1.38. The van der Waals surface area contributed by atoms with Crippen LogP contribution < -0.4 is 5.56 Å². The van der Waals surface area contributed by atoms with Crippen LogP contribution in [0.15, 0.2) is 52.4 Å². The molecule has 0 aliphatic rings. The highest BCUT2D eigenvalue weighted by molar-refractivity contribution is 7.98. The number of aryl methyl sites for hydroxylation is 1. The molecule has 0 amide bonds. The van der Waals surface area contributed by atoms with Crippen LogP contribution in [0.4, 0.5) is 8.78 Å². The lowest BCUT2D eigenvalue weighted by molar-refractivity contribution is 0.0600. The fourth-order valence-electron chi connectivity index (χ4n) is 3.65. The molecule has 8 nitrogen and oxygen atoms in total. The third-order valence-corrected chi connectivity index (χ3v) is 5.87. The van der Waals surface area contributed by atoms with E-state index in [2.05, 4.69) is 9.97 Å². The Morgan fingerprint density at radius 3 is 2.37 bits per heavy atom. The number of ether oxygens (including phenoxy) is 1. The van der Waals surface area contributed by atoms with Gasteiger partial charge < -0.3 is 9.84 Å². The fourth-order valence-corrected chi connectivity index (χ4v) is 4.01. The summed E-state index contributed by atoms with van der Waals surface area (Å²) in [5.74, 6) is -4.36. The van der Waals surface area contributed by atoms with Gasteiger partial charge >= 0.3 is 11.9 Å². The average Bonchev–Trinajstić information content (AvgIpc) is 2.83. The minimum Gasteiger partial charge on any atom is -0.477 e. The second-order valence-electron chi connectivity index (χ2n) is 7.39. The minimum absolute atomic E-state index is 0.0487. The smallest absolute Gasteiger partial charge is 0.341 e. The predicted molar refractivity (Wildman–Crippen MR) is 125 cm³/mol. The van der Waals surface area contributed by atoms with E-state index in [4.69, 9.17) is 4.74 Å². The number of aromatic nitrogens is 3. The van der Waals surface area contributed by atoms with E-state index in [1.165, 1.54) is 13.2 Å². The monoisotopic (exact) mass is 497 g/mol. The number of nitrogens with zero attached hydrogens (tertiary/aromatic N) is 3. The number of hydrogen-bond acceptors (Lipinski definition) is 7. The van der Waals surface area contributed by atoms with Crippen molar-refractivity contribution in [1.29, 1.82) is 0 Å². The number of carbonyl (C=O) groups is 2. The number of rotatable bonds is 5. The van der Waals surface area contributed by atoms with Crippen LogP contribution in [0.5, 0.6) is 0 Å². The van der Waals surface area contributed by atoms with Crippen LogP contribution in [0.25, 0.3) is 28.0 Å². The number of hydrogen-bond donors (Lipinski definition) is 1. The highest BCUT2D eigenvalue weighted by Crippen LogP contribution is 2.33. The molecular formula is C24H17F2N3O5S. The van der Waals surface area contributed by atoms with Crippen molar-refractivity contribution in [3.8, 4) is 16.9 Å². The van der Waals surface area contributed by atoms with E-state index in [-0.39, 0.29) is 27.4 Å². The molecule has 2 heterocycles. The Bertz CT molecular complexity index is 1570. The first-order valence-corrected chi connectivity index (χ1v) is 11.3. The fraction of sp³-hybridized carbons (Fsp3) is 0.125. The zero-order chi connectivity index (χ0) is 25.4. The van der Waals surface area contributed by atoms with Crippen molar-refractivity contribution in [3.63, 3.8) is 0 Å². The maximum atomic E-state index is 14.8. The highest BCUT2D eigenvalue weighted by atomic mass is 32.2. The number of halogens is 2. The van der Waals surface area contributed by atoms with Gasteiger partial charge in [-0.15, -0.1) is 0 Å². The molecule has 178 valence electrons. The summed E-state index contributed by atoms with van der Waals surface area (Å²) in [4.78, 5) is 46.0. The van der Waals surface area contributed by atoms with Gasteiger partial charge in [0.1, 0.15) is 22.9 Å². The predicted octanol–water partition coefficient (Wildman–Crippen LogP) is 4.24. The number of carboxylic acid groups (broad SMARTS) is 1. The first kappa shape index (κ1) is 24.0. The largest absolute Gasteiger partial charge is 0.477 e. The Balaban J connectivity index is 2.23. The maximum Gasteiger partial charge on any atom is 0.341 e. The summed E-state index contributed by atoms with van der Waals surface area (Å²) in [7, 11) is 1.23. The summed E-state index contributed by atoms with van der Waals surface area (Å²) in [5, 5.41) is 9.90. The van der Waals surface area contributed by atoms with Crippen LogP contribution in [-0.4, -0.2) is 44.9 Å². The van der Waals surface area contributed by atoms with Crippen LogP contribution in [0.1, 0.15) is 26.3 Å². The van der Waals surface area contributed by atoms with E-state index in [0.717, 1.165) is 36.0 Å². The molecule has 4 aromatic rings. The van der Waals surface area contributed by atoms with Gasteiger partial charge in [0.15, 0.2) is 10.8 Å². The van der Waals surface area contributed by atoms with Gasteiger partial charge in [0.25, 0.3) is 5.56 Å². The molecule has 0 aliphatic carbocycles. The average molecular weight is 497 g/mol. The van der Waals surface area contributed by atoms with Crippen molar-refractivity contribution in [2.75, 3.05) is 13.4 Å². The number of methoxy groups -OCH3 is 1. The van der Waals surface area contributed by atoms with E-state index >= 15 is 0 Å². The van der Waals surface area contributed by atoms with Crippen molar-refractivity contribution in [1.82, 2.24) is 14.5 Å². The van der Waals surface area contributed by atoms with Gasteiger partial charge in [-0.1, -0.05) is 23.9 Å². The number of thioether (sulfide) groups is 1. The van der Waals surface area contributed by atoms with Gasteiger partial charge in [-0.2, -0.15) is 0 Å². The zero-order valence-electron chi connectivity index (χ0n) is 18.6. The summed E-state index contributed by atoms with van der Waals surface area (Å²) in [6.45, 7) is 1.74. The van der Waals surface area contributed by atoms with Crippen molar-refractivity contribution in [3.05, 3.63) is 81.1 Å². The molecule has 1 N–H and O–H groups in total. The Morgan fingerprint density at radius 2 is 1.77 bits per heavy atom. The second-order valence-corrected chi connectivity index (χ2v) is 8.16. The molecule has 2 aromatic heterocycles. The van der Waals surface area contributed by atoms with Crippen LogP contribution in [-0.2, 0) is 4.74 Å². The Labute approximate surface area is 201 Å². The molecule has 11 heteroatoms. The normalized spacial score (nSPS) is 11.0. The molecule has 0 unspecified atom stereocenters. The van der Waals surface area contributed by atoms with E-state index in [9.17, 15) is 28.3 Å². The number of aromatic carboxylic acids is 1. The van der Waals surface area contributed by atoms with Crippen LogP contribution >= 0.6 is 11.8 Å². The number of carboxylic acids is 1. The van der Waals surface area contributed by atoms with Crippen LogP contribution in [0, 0.1) is 18.6 Å². The number of pyridine rings is 1. The molecule has 0 saturated heterocycles. The Kier molecular flexibility index (Phi) is 6.35. The van der Waals surface area contributed by atoms with Crippen molar-refractivity contribution in [2.45, 2.75) is 12.1 Å². The molecule has 0 radical (unpaired) electrons. The number of carbonyl (C=O) groups excluding carboxylic acids is 1. The second kappa shape index (κ2) is 9.26. The lowest BCUT2D eigenvalue weighted by atomic mass is 9.99. The third-order valence-electron chi connectivity index (χ3n) is 5.33. The molecule has 0 bridgehead atoms. The molecule has 0 saturated carbocycles. The van der Waals surface area contributed by atoms with E-state index in [1.807, 2.05) is 0 Å². The van der Waals surface area contributed by atoms with Gasteiger partial charge in [-0.05, 0) is 49.1 Å². The SMILES string of the molecule is COC(=O)c1ccc(C)c(-c2nc(SC)nc3c2cc(C(=O)O)c(=O)n3-c2c(F)cccc2F)c1. The lowest BCUT2D eigenvalue weighted by Crippen LogP contribution is -2.28. The van der Waals surface area contributed by atoms with Gasteiger partial charge in [0.05, 0.1) is 18.4 Å². The lowest BCUT2D eigenvalue weighted by Gasteiger charge is -2.16. The van der Waals surface area contributed by atoms with Gasteiger partial charge in [-0.25, -0.2) is 28.3 Å². The van der Waals surface area contributed by atoms with Crippen LogP contribution in [0.2, 0.25) is 0 Å². The molecule has 4 rings (SSSR count). The molecular weight excluding hydrogens is 480 g/mol. The molecule has 0 atom stereocenters. The molecule has 35 heavy (non-hydrogen) atoms. The number of benzene rings is 2. The van der Waals surface area contributed by atoms with E-state index < -0.39 is 40.4 Å². The maximum absolute atomic E-state index is 14.8. The van der Waals surface area contributed by atoms with Crippen molar-refractivity contribution in [2.24, 2.45) is 0 Å². The van der Waals surface area contributed by atoms with Gasteiger partial charge in [0, 0.05) is 10.9 Å². The zero-order valence-corrected chi connectivity index (χ0v) is 19.4. The van der Waals surface area contributed by atoms with Gasteiger partial charge in [0.2, 0.25) is 0 Å². The summed E-state index contributed by atoms with van der Waals surface area (Å²) in [6, 6.07) is 8.80. The quantitative estimate of drug-likeness (QED) is 0.248. The number of para-hydroxylation sites is 1. The third kappa shape index (κ3) is 4.14. The summed E-state index contributed by atoms with van der Waals surface area (Å²) in [6.07, 6.45) is 1.67. The number of esters is 1. The molecule has 0 spiro atoms. The molecule has 2 aromatic carbocycles. The Morgan fingerprint density at radius 1 is 1.09 bits per heavy atom. The van der Waals surface area contributed by atoms with Crippen molar-refractivity contribution < 1.29 is 28.2 Å². The summed E-state index contributed by atoms with van der Waals surface area (Å²) >= 11 is 1.11. The Hall–Kier alpha value is -4.12. The van der Waals surface area contributed by atoms with E-state index in [1.54, 1.807) is 25.3 Å². The van der Waals surface area contributed by atoms with Crippen LogP contribution in [0.3, 0.4) is 0 Å². The van der Waals surface area contributed by atoms with Gasteiger partial charge in [-0.3, -0.25) is 9.36 Å². The van der Waals surface area contributed by atoms with E-state index in [0.29, 0.717) is 15.7 Å². The number of fused-ring (bicyclic) bond motifs is 1. The molecule has 0 aliphatic heterocycles. The first-order chi connectivity index (χ1) is 16.7.